The molecule has 0 bridgehead atoms. The van der Waals surface area contributed by atoms with E-state index in [-0.39, 0.29) is 70.9 Å². The third-order valence-corrected chi connectivity index (χ3v) is 2.36. The van der Waals surface area contributed by atoms with Crippen molar-refractivity contribution >= 4 is 0 Å². The van der Waals surface area contributed by atoms with Crippen molar-refractivity contribution in [2.75, 3.05) is 19.7 Å². The van der Waals surface area contributed by atoms with Crippen molar-refractivity contribution in [1.82, 2.24) is 4.90 Å². The molecule has 0 amide bonds. The molecule has 2 unspecified atom stereocenters. The normalized spacial score (nSPS) is 13.9. The van der Waals surface area contributed by atoms with Gasteiger partial charge >= 0.3 is 31.1 Å². The summed E-state index contributed by atoms with van der Waals surface area (Å²) in [5, 5.41) is 10.5. The van der Waals surface area contributed by atoms with E-state index in [4.69, 9.17) is 5.73 Å². The molecule has 0 rings (SSSR count). The molecule has 0 aliphatic heterocycles. The zero-order chi connectivity index (χ0) is 11.0. The van der Waals surface area contributed by atoms with Gasteiger partial charge in [-0.05, 0) is 6.54 Å². The first kappa shape index (κ1) is 22.8. The number of hydrogen-bond donors (Lipinski definition) is 0. The molecule has 5 heteroatoms. The summed E-state index contributed by atoms with van der Waals surface area (Å²) < 4.78 is 0. The monoisotopic (exact) mass is 631 g/mol. The molecule has 0 saturated heterocycles. The van der Waals surface area contributed by atoms with E-state index in [2.05, 4.69) is 13.8 Å². The fourth-order valence-electron chi connectivity index (χ4n) is 1.44. The Kier molecular flexibility index (Phi) is 20.9. The van der Waals surface area contributed by atoms with Crippen LogP contribution in [0.15, 0.2) is 0 Å². The molecule has 3 nitrogen and oxygen atoms in total. The van der Waals surface area contributed by atoms with Gasteiger partial charge in [-0.1, -0.05) is 26.2 Å². The Hall–Kier alpha value is 1.62. The Morgan fingerprint density at radius 3 is 2.31 bits per heavy atom. The molecular formula is C11H22N2OPtU-2. The van der Waals surface area contributed by atoms with Crippen LogP contribution >= 0.6 is 0 Å². The van der Waals surface area contributed by atoms with Gasteiger partial charge in [0.05, 0.1) is 0 Å². The van der Waals surface area contributed by atoms with Crippen LogP contribution in [0.3, 0.4) is 0 Å². The van der Waals surface area contributed by atoms with Crippen molar-refractivity contribution in [3.8, 4) is 0 Å². The van der Waals surface area contributed by atoms with Crippen LogP contribution in [-0.4, -0.2) is 36.7 Å². The minimum absolute atomic E-state index is 0. The molecule has 2 atom stereocenters. The fraction of sp³-hybridized carbons (Fsp3) is 0.818. The summed E-state index contributed by atoms with van der Waals surface area (Å²) in [5.41, 5.74) is 7.36. The van der Waals surface area contributed by atoms with Crippen LogP contribution in [-0.2, 0) is 21.1 Å². The largest absolute Gasteiger partial charge is 2.00 e. The zero-order valence-electron chi connectivity index (χ0n) is 9.98. The van der Waals surface area contributed by atoms with E-state index in [9.17, 15) is 5.11 Å². The summed E-state index contributed by atoms with van der Waals surface area (Å²) in [6, 6.07) is 0.190. The van der Waals surface area contributed by atoms with Crippen LogP contribution in [0.25, 0.3) is 5.73 Å². The van der Waals surface area contributed by atoms with Gasteiger partial charge < -0.3 is 29.6 Å². The number of nitrogens with zero attached hydrogens (tertiary/aromatic N) is 1. The second kappa shape index (κ2) is 14.7. The van der Waals surface area contributed by atoms with Gasteiger partial charge in [-0.15, -0.1) is 25.2 Å². The maximum absolute atomic E-state index is 10.5. The molecule has 16 heavy (non-hydrogen) atoms. The van der Waals surface area contributed by atoms with Crippen LogP contribution in [0, 0.1) is 45.0 Å². The van der Waals surface area contributed by atoms with Gasteiger partial charge in [0.25, 0.3) is 0 Å². The average molecular weight is 631 g/mol. The average Bonchev–Trinajstić information content (AvgIpc) is 2.13. The molecule has 0 aromatic carbocycles. The third kappa shape index (κ3) is 12.1. The third-order valence-electron chi connectivity index (χ3n) is 2.36. The molecule has 98 valence electrons. The minimum atomic E-state index is -0.0869. The summed E-state index contributed by atoms with van der Waals surface area (Å²) in [5.74, 6) is 0. The van der Waals surface area contributed by atoms with Crippen LogP contribution in [0.4, 0.5) is 0 Å². The summed E-state index contributed by atoms with van der Waals surface area (Å²) in [4.78, 5) is 2.00. The fourth-order valence-corrected chi connectivity index (χ4v) is 1.44. The summed E-state index contributed by atoms with van der Waals surface area (Å²) in [6.07, 6.45) is 2.88. The molecule has 1 N–H and O–H groups in total. The van der Waals surface area contributed by atoms with Gasteiger partial charge in [0.2, 0.25) is 0 Å². The molecule has 0 spiro atoms. The van der Waals surface area contributed by atoms with Crippen LogP contribution in [0.5, 0.6) is 0 Å². The Bertz CT molecular complexity index is 139. The molecule has 0 radical (unpaired) electrons. The van der Waals surface area contributed by atoms with E-state index in [1.165, 1.54) is 0 Å². The van der Waals surface area contributed by atoms with E-state index in [0.29, 0.717) is 13.1 Å². The van der Waals surface area contributed by atoms with Crippen molar-refractivity contribution in [2.45, 2.75) is 38.3 Å². The molecule has 0 fully saturated rings. The van der Waals surface area contributed by atoms with E-state index >= 15 is 0 Å². The van der Waals surface area contributed by atoms with Crippen LogP contribution in [0.1, 0.15) is 26.2 Å². The molecule has 0 saturated carbocycles. The second-order valence-corrected chi connectivity index (χ2v) is 3.73. The maximum Gasteiger partial charge on any atom is 2.00 e. The summed E-state index contributed by atoms with van der Waals surface area (Å²) in [7, 11) is 0. The molecule has 0 aliphatic carbocycles. The first-order chi connectivity index (χ1) is 6.61. The Balaban J connectivity index is -0.000000845. The SMILES string of the molecule is [CH2-]CN(CC[O-])C([CH2-])CCCC(C)[NH-].[Pt].[U+2]. The zero-order valence-corrected chi connectivity index (χ0v) is 16.4. The van der Waals surface area contributed by atoms with Crippen molar-refractivity contribution < 1.29 is 57.3 Å². The van der Waals surface area contributed by atoms with Crippen molar-refractivity contribution in [1.29, 1.82) is 0 Å². The van der Waals surface area contributed by atoms with Gasteiger partial charge in [0, 0.05) is 21.1 Å². The number of rotatable bonds is 8. The molecular weight excluding hydrogens is 609 g/mol. The van der Waals surface area contributed by atoms with Gasteiger partial charge in [0.15, 0.2) is 0 Å². The summed E-state index contributed by atoms with van der Waals surface area (Å²) >= 11 is 0. The Morgan fingerprint density at radius 2 is 1.94 bits per heavy atom. The first-order valence-electron chi connectivity index (χ1n) is 5.27. The van der Waals surface area contributed by atoms with Crippen molar-refractivity contribution in [3.63, 3.8) is 0 Å². The number of nitrogens with one attached hydrogen (secondary N) is 1. The topological polar surface area (TPSA) is 50.1 Å². The van der Waals surface area contributed by atoms with Crippen LogP contribution in [0.2, 0.25) is 0 Å². The number of hydrogen-bond acceptors (Lipinski definition) is 2. The maximum atomic E-state index is 10.5. The quantitative estimate of drug-likeness (QED) is 0.380. The van der Waals surface area contributed by atoms with Gasteiger partial charge in [0.1, 0.15) is 0 Å². The van der Waals surface area contributed by atoms with E-state index < -0.39 is 0 Å². The Labute approximate surface area is 139 Å². The van der Waals surface area contributed by atoms with E-state index in [0.717, 1.165) is 19.3 Å². The second-order valence-electron chi connectivity index (χ2n) is 3.73. The molecule has 0 aliphatic rings. The van der Waals surface area contributed by atoms with Crippen molar-refractivity contribution in [2.24, 2.45) is 0 Å². The van der Waals surface area contributed by atoms with Crippen LogP contribution < -0.4 is 5.11 Å². The first-order valence-corrected chi connectivity index (χ1v) is 5.27. The van der Waals surface area contributed by atoms with E-state index in [1.807, 2.05) is 11.8 Å². The Morgan fingerprint density at radius 1 is 1.38 bits per heavy atom. The van der Waals surface area contributed by atoms with Gasteiger partial charge in [-0.25, -0.2) is 0 Å². The molecule has 0 heterocycles. The summed E-state index contributed by atoms with van der Waals surface area (Å²) in [6.45, 7) is 10.8. The molecule has 0 aromatic heterocycles. The smallest absolute Gasteiger partial charge is 0.854 e. The predicted molar refractivity (Wildman–Crippen MR) is 58.6 cm³/mol. The van der Waals surface area contributed by atoms with E-state index in [1.54, 1.807) is 0 Å². The predicted octanol–water partition coefficient (Wildman–Crippen LogP) is 1.29. The van der Waals surface area contributed by atoms with Crippen molar-refractivity contribution in [3.05, 3.63) is 19.6 Å². The van der Waals surface area contributed by atoms with Gasteiger partial charge in [-0.2, -0.15) is 0 Å². The standard InChI is InChI=1S/C11H22N2O.Pt.U/c1-4-13(8-9-14)11(3)7-5-6-10(2)12;;/h10-12H,1,3-9H2,2H3;;/q-4;;+2. The molecule has 0 aromatic rings. The van der Waals surface area contributed by atoms with Gasteiger partial charge in [-0.3, -0.25) is 0 Å². The minimum Gasteiger partial charge on any atom is -0.854 e.